The number of sulfonamides is 1. The van der Waals surface area contributed by atoms with E-state index in [-0.39, 0.29) is 18.1 Å². The number of hydrogen-bond acceptors (Lipinski definition) is 4. The van der Waals surface area contributed by atoms with Crippen LogP contribution in [0.2, 0.25) is 0 Å². The molecule has 0 saturated carbocycles. The first kappa shape index (κ1) is 24.5. The summed E-state index contributed by atoms with van der Waals surface area (Å²) in [5.41, 5.74) is 2.59. The summed E-state index contributed by atoms with van der Waals surface area (Å²) in [4.78, 5) is 16.5. The number of rotatable bonds is 9. The van der Waals surface area contributed by atoms with Crippen molar-refractivity contribution in [3.05, 3.63) is 64.2 Å². The van der Waals surface area contributed by atoms with Gasteiger partial charge >= 0.3 is 0 Å². The topological polar surface area (TPSA) is 88.2 Å². The second-order valence-electron chi connectivity index (χ2n) is 7.77. The number of pyridine rings is 1. The highest BCUT2D eigenvalue weighted by atomic mass is 32.2. The third-order valence-electron chi connectivity index (χ3n) is 4.32. The number of hydrogen-bond donors (Lipinski definition) is 2. The Bertz CT molecular complexity index is 1060. The molecule has 0 aliphatic heterocycles. The van der Waals surface area contributed by atoms with Gasteiger partial charge in [0.2, 0.25) is 15.9 Å². The zero-order chi connectivity index (χ0) is 23.2. The monoisotopic (exact) mass is 451 g/mol. The van der Waals surface area contributed by atoms with Crippen molar-refractivity contribution in [2.75, 3.05) is 11.0 Å². The van der Waals surface area contributed by atoms with Crippen LogP contribution in [0.25, 0.3) is 6.08 Å². The quantitative estimate of drug-likeness (QED) is 0.566. The van der Waals surface area contributed by atoms with Gasteiger partial charge in [-0.15, -0.1) is 0 Å². The van der Waals surface area contributed by atoms with Crippen molar-refractivity contribution in [3.8, 4) is 0 Å². The molecule has 1 aromatic carbocycles. The van der Waals surface area contributed by atoms with Crippen LogP contribution in [0.15, 0.2) is 30.3 Å². The fourth-order valence-corrected chi connectivity index (χ4v) is 3.61. The third-order valence-corrected chi connectivity index (χ3v) is 4.90. The van der Waals surface area contributed by atoms with Gasteiger partial charge in [0.1, 0.15) is 12.5 Å². The number of carbonyl (C=O) groups is 1. The number of aryl methyl sites for hydroxylation is 1. The lowest BCUT2D eigenvalue weighted by Crippen LogP contribution is -2.20. The van der Waals surface area contributed by atoms with Crippen molar-refractivity contribution in [2.45, 2.75) is 40.4 Å². The Kier molecular flexibility index (Phi) is 8.27. The molecule has 0 bridgehead atoms. The normalized spacial score (nSPS) is 11.8. The van der Waals surface area contributed by atoms with Crippen molar-refractivity contribution in [1.82, 2.24) is 10.3 Å². The van der Waals surface area contributed by atoms with Gasteiger partial charge in [0.25, 0.3) is 0 Å². The molecule has 2 aromatic rings. The molecule has 0 unspecified atom stereocenters. The summed E-state index contributed by atoms with van der Waals surface area (Å²) >= 11 is 0. The summed E-state index contributed by atoms with van der Waals surface area (Å²) in [5, 5.41) is 2.66. The molecular formula is C22H27F2N3O3S. The second kappa shape index (κ2) is 10.5. The molecule has 1 aromatic heterocycles. The molecule has 0 atom stereocenters. The van der Waals surface area contributed by atoms with E-state index in [9.17, 15) is 22.0 Å². The summed E-state index contributed by atoms with van der Waals surface area (Å²) in [7, 11) is -3.61. The van der Waals surface area contributed by atoms with Gasteiger partial charge in [-0.3, -0.25) is 14.5 Å². The van der Waals surface area contributed by atoms with E-state index >= 15 is 0 Å². The Labute approximate surface area is 181 Å². The molecule has 31 heavy (non-hydrogen) atoms. The minimum absolute atomic E-state index is 0.0674. The molecule has 0 spiro atoms. The minimum Gasteiger partial charge on any atom is -0.348 e. The number of amides is 1. The molecule has 168 valence electrons. The van der Waals surface area contributed by atoms with Gasteiger partial charge in [0.15, 0.2) is 0 Å². The molecule has 2 N–H and O–H groups in total. The SMILES string of the molecule is Cc1cc(CNC(=O)/C=C/c2ccc(CF)nc2CC(C)C)cc(F)c1NS(C)(=O)=O. The largest absolute Gasteiger partial charge is 0.348 e. The molecule has 0 saturated heterocycles. The smallest absolute Gasteiger partial charge is 0.244 e. The number of nitrogens with zero attached hydrogens (tertiary/aromatic N) is 1. The molecule has 1 amide bonds. The first-order valence-electron chi connectivity index (χ1n) is 9.76. The minimum atomic E-state index is -3.61. The van der Waals surface area contributed by atoms with Gasteiger partial charge in [-0.05, 0) is 54.2 Å². The average Bonchev–Trinajstić information content (AvgIpc) is 2.67. The third kappa shape index (κ3) is 7.75. The fraction of sp³-hybridized carbons (Fsp3) is 0.364. The predicted molar refractivity (Wildman–Crippen MR) is 118 cm³/mol. The lowest BCUT2D eigenvalue weighted by molar-refractivity contribution is -0.116. The number of alkyl halides is 1. The van der Waals surface area contributed by atoms with Crippen molar-refractivity contribution in [1.29, 1.82) is 0 Å². The van der Waals surface area contributed by atoms with E-state index in [1.54, 1.807) is 31.2 Å². The lowest BCUT2D eigenvalue weighted by Gasteiger charge is -2.12. The van der Waals surface area contributed by atoms with Crippen LogP contribution in [0.3, 0.4) is 0 Å². The van der Waals surface area contributed by atoms with E-state index in [0.717, 1.165) is 17.5 Å². The summed E-state index contributed by atoms with van der Waals surface area (Å²) in [6.45, 7) is 5.05. The maximum absolute atomic E-state index is 14.3. The first-order valence-corrected chi connectivity index (χ1v) is 11.6. The molecule has 0 aliphatic rings. The van der Waals surface area contributed by atoms with E-state index in [4.69, 9.17) is 0 Å². The Hall–Kier alpha value is -2.81. The second-order valence-corrected chi connectivity index (χ2v) is 9.51. The number of nitrogens with one attached hydrogen (secondary N) is 2. The summed E-state index contributed by atoms with van der Waals surface area (Å²) in [5.74, 6) is -0.786. The van der Waals surface area contributed by atoms with Crippen LogP contribution in [-0.4, -0.2) is 25.6 Å². The van der Waals surface area contributed by atoms with E-state index in [1.165, 1.54) is 12.1 Å². The van der Waals surface area contributed by atoms with E-state index in [0.29, 0.717) is 29.2 Å². The van der Waals surface area contributed by atoms with Crippen LogP contribution in [-0.2, 0) is 34.5 Å². The van der Waals surface area contributed by atoms with Crippen molar-refractivity contribution in [2.24, 2.45) is 5.92 Å². The molecule has 0 radical (unpaired) electrons. The highest BCUT2D eigenvalue weighted by Crippen LogP contribution is 2.22. The van der Waals surface area contributed by atoms with Gasteiger partial charge in [-0.25, -0.2) is 17.2 Å². The van der Waals surface area contributed by atoms with Gasteiger partial charge in [-0.2, -0.15) is 0 Å². The van der Waals surface area contributed by atoms with Crippen LogP contribution in [0.5, 0.6) is 0 Å². The zero-order valence-corrected chi connectivity index (χ0v) is 18.8. The molecule has 6 nitrogen and oxygen atoms in total. The lowest BCUT2D eigenvalue weighted by atomic mass is 10.0. The summed E-state index contributed by atoms with van der Waals surface area (Å²) < 4.78 is 52.0. The van der Waals surface area contributed by atoms with Crippen LogP contribution < -0.4 is 10.0 Å². The van der Waals surface area contributed by atoms with Gasteiger partial charge in [0.05, 0.1) is 17.6 Å². The Morgan fingerprint density at radius 1 is 1.26 bits per heavy atom. The summed E-state index contributed by atoms with van der Waals surface area (Å²) in [6.07, 6.45) is 4.56. The maximum Gasteiger partial charge on any atom is 0.244 e. The molecule has 9 heteroatoms. The van der Waals surface area contributed by atoms with Crippen LogP contribution in [0, 0.1) is 18.7 Å². The summed E-state index contributed by atoms with van der Waals surface area (Å²) in [6, 6.07) is 6.08. The van der Waals surface area contributed by atoms with E-state index in [1.807, 2.05) is 13.8 Å². The van der Waals surface area contributed by atoms with E-state index in [2.05, 4.69) is 15.0 Å². The number of carbonyl (C=O) groups excluding carboxylic acids is 1. The van der Waals surface area contributed by atoms with Gasteiger partial charge in [0, 0.05) is 18.3 Å². The van der Waals surface area contributed by atoms with Crippen LogP contribution in [0.4, 0.5) is 14.5 Å². The number of halogens is 2. The van der Waals surface area contributed by atoms with Crippen molar-refractivity contribution >= 4 is 27.7 Å². The van der Waals surface area contributed by atoms with Crippen LogP contribution in [0.1, 0.15) is 41.9 Å². The van der Waals surface area contributed by atoms with Crippen molar-refractivity contribution < 1.29 is 22.0 Å². The molecular weight excluding hydrogens is 424 g/mol. The maximum atomic E-state index is 14.3. The Balaban J connectivity index is 2.08. The van der Waals surface area contributed by atoms with Crippen LogP contribution >= 0.6 is 0 Å². The molecule has 2 rings (SSSR count). The average molecular weight is 452 g/mol. The first-order chi connectivity index (χ1) is 14.5. The van der Waals surface area contributed by atoms with Gasteiger partial charge < -0.3 is 5.32 Å². The Morgan fingerprint density at radius 3 is 2.55 bits per heavy atom. The van der Waals surface area contributed by atoms with Gasteiger partial charge in [-0.1, -0.05) is 26.0 Å². The van der Waals surface area contributed by atoms with E-state index < -0.39 is 22.5 Å². The number of aromatic nitrogens is 1. The highest BCUT2D eigenvalue weighted by molar-refractivity contribution is 7.92. The van der Waals surface area contributed by atoms with Crippen molar-refractivity contribution in [3.63, 3.8) is 0 Å². The number of benzene rings is 1. The molecule has 0 aliphatic carbocycles. The zero-order valence-electron chi connectivity index (χ0n) is 18.0. The molecule has 1 heterocycles. The number of anilines is 1. The molecule has 0 fully saturated rings. The Morgan fingerprint density at radius 2 is 1.97 bits per heavy atom. The predicted octanol–water partition coefficient (Wildman–Crippen LogP) is 3.90. The fourth-order valence-electron chi connectivity index (χ4n) is 2.98. The standard InChI is InChI=1S/C22H27F2N3O3S/c1-14(2)9-20-17(5-7-18(12-23)26-20)6-8-21(28)25-13-16-10-15(3)22(19(24)11-16)27-31(4,29)30/h5-8,10-11,14,27H,9,12-13H2,1-4H3,(H,25,28)/b8-6+. The highest BCUT2D eigenvalue weighted by Gasteiger charge is 2.13.